The molecule has 110 valence electrons. The van der Waals surface area contributed by atoms with Crippen molar-refractivity contribution in [1.29, 1.82) is 0 Å². The van der Waals surface area contributed by atoms with E-state index >= 15 is 0 Å². The second-order valence-corrected chi connectivity index (χ2v) is 4.28. The van der Waals surface area contributed by atoms with Gasteiger partial charge in [-0.2, -0.15) is 0 Å². The van der Waals surface area contributed by atoms with E-state index in [2.05, 4.69) is 27.7 Å². The van der Waals surface area contributed by atoms with Gasteiger partial charge >= 0.3 is 5.97 Å². The first-order valence-corrected chi connectivity index (χ1v) is 7.24. The van der Waals surface area contributed by atoms with Gasteiger partial charge in [-0.05, 0) is 25.7 Å². The van der Waals surface area contributed by atoms with Crippen LogP contribution in [0.4, 0.5) is 0 Å². The van der Waals surface area contributed by atoms with Crippen LogP contribution in [0.2, 0.25) is 0 Å². The predicted octanol–water partition coefficient (Wildman–Crippen LogP) is 3.35. The minimum atomic E-state index is -1.02. The molecule has 0 spiro atoms. The number of rotatable bonds is 13. The Hall–Kier alpha value is -0.160. The van der Waals surface area contributed by atoms with Crippen LogP contribution in [0.3, 0.4) is 0 Å². The van der Waals surface area contributed by atoms with Crippen molar-refractivity contribution >= 4 is 0 Å². The normalized spacial score (nSPS) is 12.0. The van der Waals surface area contributed by atoms with Crippen molar-refractivity contribution in [1.82, 2.24) is 0 Å². The molecule has 0 saturated heterocycles. The third-order valence-corrected chi connectivity index (χ3v) is 2.21. The summed E-state index contributed by atoms with van der Waals surface area (Å²) in [4.78, 5) is 0. The maximum atomic E-state index is 5.76. The smallest absolute Gasteiger partial charge is 0.307 e. The van der Waals surface area contributed by atoms with Crippen LogP contribution in [0, 0.1) is 0 Å². The van der Waals surface area contributed by atoms with E-state index in [1.807, 2.05) is 0 Å². The van der Waals surface area contributed by atoms with Gasteiger partial charge in [-0.15, -0.1) is 0 Å². The molecule has 0 aromatic carbocycles. The van der Waals surface area contributed by atoms with Crippen LogP contribution in [0.15, 0.2) is 0 Å². The molecule has 0 saturated carbocycles. The highest BCUT2D eigenvalue weighted by atomic mass is 16.9. The van der Waals surface area contributed by atoms with Crippen LogP contribution in [0.1, 0.15) is 53.4 Å². The Labute approximate surface area is 112 Å². The number of ether oxygens (including phenoxy) is 4. The van der Waals surface area contributed by atoms with Gasteiger partial charge in [0.2, 0.25) is 0 Å². The lowest BCUT2D eigenvalue weighted by Crippen LogP contribution is -2.44. The Kier molecular flexibility index (Phi) is 11.8. The van der Waals surface area contributed by atoms with Crippen molar-refractivity contribution in [2.24, 2.45) is 0 Å². The molecule has 0 N–H and O–H groups in total. The van der Waals surface area contributed by atoms with Crippen molar-refractivity contribution in [3.05, 3.63) is 0 Å². The summed E-state index contributed by atoms with van der Waals surface area (Å²) < 4.78 is 22.8. The molecular formula is C14H30O4. The van der Waals surface area contributed by atoms with E-state index in [1.54, 1.807) is 0 Å². The van der Waals surface area contributed by atoms with Gasteiger partial charge in [-0.25, -0.2) is 0 Å². The van der Waals surface area contributed by atoms with Crippen LogP contribution in [0.25, 0.3) is 0 Å². The lowest BCUT2D eigenvalue weighted by atomic mass is 10.4. The maximum absolute atomic E-state index is 5.76. The molecule has 0 aliphatic rings. The topological polar surface area (TPSA) is 36.9 Å². The zero-order chi connectivity index (χ0) is 13.7. The van der Waals surface area contributed by atoms with Gasteiger partial charge in [0.25, 0.3) is 0 Å². The summed E-state index contributed by atoms with van der Waals surface area (Å²) in [6, 6.07) is 0. The Morgan fingerprint density at radius 1 is 0.611 bits per heavy atom. The Balaban J connectivity index is 4.41. The summed E-state index contributed by atoms with van der Waals surface area (Å²) in [7, 11) is 0. The molecule has 0 rings (SSSR count). The fraction of sp³-hybridized carbons (Fsp3) is 1.00. The Morgan fingerprint density at radius 3 is 1.33 bits per heavy atom. The minimum Gasteiger partial charge on any atom is -0.373 e. The van der Waals surface area contributed by atoms with Gasteiger partial charge in [0.15, 0.2) is 0 Å². The minimum absolute atomic E-state index is 0.334. The molecule has 4 heteroatoms. The second-order valence-electron chi connectivity index (χ2n) is 4.28. The first-order chi connectivity index (χ1) is 8.74. The van der Waals surface area contributed by atoms with E-state index in [9.17, 15) is 0 Å². The van der Waals surface area contributed by atoms with E-state index in [0.29, 0.717) is 33.0 Å². The van der Waals surface area contributed by atoms with Gasteiger partial charge < -0.3 is 18.9 Å². The highest BCUT2D eigenvalue weighted by molar-refractivity contribution is 4.58. The average Bonchev–Trinajstić information content (AvgIpc) is 2.40. The van der Waals surface area contributed by atoms with E-state index in [-0.39, 0.29) is 0 Å². The van der Waals surface area contributed by atoms with Crippen LogP contribution in [-0.2, 0) is 18.9 Å². The van der Waals surface area contributed by atoms with E-state index in [1.165, 1.54) is 0 Å². The summed E-state index contributed by atoms with van der Waals surface area (Å²) in [5, 5.41) is 0. The molecular weight excluding hydrogens is 232 g/mol. The summed E-state index contributed by atoms with van der Waals surface area (Å²) in [5.74, 6) is -1.02. The van der Waals surface area contributed by atoms with Gasteiger partial charge in [0.1, 0.15) is 6.61 Å². The summed E-state index contributed by atoms with van der Waals surface area (Å²) in [5.41, 5.74) is 0. The molecule has 4 nitrogen and oxygen atoms in total. The third kappa shape index (κ3) is 8.03. The average molecular weight is 262 g/mol. The van der Waals surface area contributed by atoms with Gasteiger partial charge in [0.05, 0.1) is 19.8 Å². The van der Waals surface area contributed by atoms with Crippen LogP contribution in [-0.4, -0.2) is 39.0 Å². The van der Waals surface area contributed by atoms with Crippen molar-refractivity contribution in [2.45, 2.75) is 59.4 Å². The van der Waals surface area contributed by atoms with Crippen molar-refractivity contribution in [3.63, 3.8) is 0 Å². The summed E-state index contributed by atoms with van der Waals surface area (Å²) in [6.07, 6.45) is 3.77. The Morgan fingerprint density at radius 2 is 1.00 bits per heavy atom. The Bertz CT molecular complexity index is 151. The van der Waals surface area contributed by atoms with Crippen LogP contribution >= 0.6 is 0 Å². The molecule has 0 atom stereocenters. The molecule has 18 heavy (non-hydrogen) atoms. The quantitative estimate of drug-likeness (QED) is 0.377. The van der Waals surface area contributed by atoms with Crippen molar-refractivity contribution in [2.75, 3.05) is 33.0 Å². The molecule has 0 fully saturated rings. The summed E-state index contributed by atoms with van der Waals surface area (Å²) in [6.45, 7) is 11.2. The predicted molar refractivity (Wildman–Crippen MR) is 72.6 cm³/mol. The molecule has 0 radical (unpaired) electrons. The molecule has 0 aromatic heterocycles. The lowest BCUT2D eigenvalue weighted by Gasteiger charge is -2.32. The molecule has 0 aliphatic heterocycles. The zero-order valence-electron chi connectivity index (χ0n) is 12.5. The lowest BCUT2D eigenvalue weighted by molar-refractivity contribution is -0.394. The molecule has 0 unspecified atom stereocenters. The van der Waals surface area contributed by atoms with Gasteiger partial charge in [0, 0.05) is 6.61 Å². The maximum Gasteiger partial charge on any atom is 0.307 e. The van der Waals surface area contributed by atoms with Crippen LogP contribution in [0.5, 0.6) is 0 Å². The SMILES string of the molecule is CCCOCC(OCCC)(OCCC)OCCC. The van der Waals surface area contributed by atoms with E-state index < -0.39 is 5.97 Å². The highest BCUT2D eigenvalue weighted by Crippen LogP contribution is 2.18. The fourth-order valence-electron chi connectivity index (χ4n) is 1.36. The molecule has 0 bridgehead atoms. The largest absolute Gasteiger partial charge is 0.373 e. The molecule has 0 aromatic rings. The second kappa shape index (κ2) is 11.9. The zero-order valence-corrected chi connectivity index (χ0v) is 12.5. The van der Waals surface area contributed by atoms with Gasteiger partial charge in [-0.3, -0.25) is 0 Å². The van der Waals surface area contributed by atoms with Crippen molar-refractivity contribution < 1.29 is 18.9 Å². The van der Waals surface area contributed by atoms with E-state index in [0.717, 1.165) is 25.7 Å². The van der Waals surface area contributed by atoms with Crippen molar-refractivity contribution in [3.8, 4) is 0 Å². The highest BCUT2D eigenvalue weighted by Gasteiger charge is 2.33. The standard InChI is InChI=1S/C14H30O4/c1-5-9-15-13-14(16-10-6-2,17-11-7-3)18-12-8-4/h5-13H2,1-4H3. The first kappa shape index (κ1) is 17.8. The third-order valence-electron chi connectivity index (χ3n) is 2.21. The number of hydrogen-bond acceptors (Lipinski definition) is 4. The monoisotopic (exact) mass is 262 g/mol. The summed E-state index contributed by atoms with van der Waals surface area (Å²) >= 11 is 0. The van der Waals surface area contributed by atoms with Gasteiger partial charge in [-0.1, -0.05) is 27.7 Å². The van der Waals surface area contributed by atoms with E-state index in [4.69, 9.17) is 18.9 Å². The first-order valence-electron chi connectivity index (χ1n) is 7.24. The molecule has 0 aliphatic carbocycles. The fourth-order valence-corrected chi connectivity index (χ4v) is 1.36. The molecule has 0 amide bonds. The van der Waals surface area contributed by atoms with Crippen LogP contribution < -0.4 is 0 Å². The molecule has 0 heterocycles. The number of hydrogen-bond donors (Lipinski definition) is 0.